The second-order valence-corrected chi connectivity index (χ2v) is 6.89. The van der Waals surface area contributed by atoms with E-state index in [-0.39, 0.29) is 5.75 Å². The molecule has 146 valence electrons. The Balaban J connectivity index is 1.67. The van der Waals surface area contributed by atoms with Gasteiger partial charge in [-0.3, -0.25) is 4.79 Å². The monoisotopic (exact) mass is 452 g/mol. The Kier molecular flexibility index (Phi) is 6.83. The molecule has 0 bridgehead atoms. The van der Waals surface area contributed by atoms with Gasteiger partial charge >= 0.3 is 0 Å². The zero-order valence-electron chi connectivity index (χ0n) is 15.1. The number of hydrazone groups is 1. The van der Waals surface area contributed by atoms with Crippen molar-refractivity contribution in [2.45, 2.75) is 6.10 Å². The molecule has 0 saturated heterocycles. The number of rotatable bonds is 6. The Hall–Kier alpha value is -3.36. The molecule has 8 heteroatoms. The van der Waals surface area contributed by atoms with Gasteiger partial charge in [0.1, 0.15) is 5.75 Å². The average Bonchev–Trinajstić information content (AvgIpc) is 2.74. The van der Waals surface area contributed by atoms with E-state index in [1.54, 1.807) is 42.5 Å². The minimum Gasteiger partial charge on any atom is -0.507 e. The van der Waals surface area contributed by atoms with Crippen LogP contribution in [0.5, 0.6) is 5.75 Å². The van der Waals surface area contributed by atoms with E-state index >= 15 is 0 Å². The van der Waals surface area contributed by atoms with Crippen LogP contribution in [0.4, 0.5) is 11.4 Å². The molecule has 3 rings (SSSR count). The number of nitrogens with one attached hydrogen (secondary N) is 1. The number of nitrogens with zero attached hydrogens (tertiary/aromatic N) is 3. The standard InChI is InChI=1S/C21H17BrN4O3/c22-16-7-4-8-17(12-16)24-25-18-9-10-19(27)15(11-18)13-23-26-21(29)20(28)14-5-2-1-3-6-14/h1-13,20,27-28H,(H,26,29)/b23-13+,25-24?. The summed E-state index contributed by atoms with van der Waals surface area (Å²) < 4.78 is 0.890. The summed E-state index contributed by atoms with van der Waals surface area (Å²) in [7, 11) is 0. The van der Waals surface area contributed by atoms with E-state index in [9.17, 15) is 15.0 Å². The second-order valence-electron chi connectivity index (χ2n) is 5.97. The molecular weight excluding hydrogens is 436 g/mol. The largest absolute Gasteiger partial charge is 0.507 e. The Labute approximate surface area is 175 Å². The van der Waals surface area contributed by atoms with E-state index in [1.165, 1.54) is 12.3 Å². The van der Waals surface area contributed by atoms with Gasteiger partial charge in [-0.15, -0.1) is 0 Å². The number of benzene rings is 3. The van der Waals surface area contributed by atoms with Crippen molar-refractivity contribution in [3.8, 4) is 5.75 Å². The number of hydrogen-bond acceptors (Lipinski definition) is 6. The van der Waals surface area contributed by atoms with Crippen LogP contribution in [-0.4, -0.2) is 22.3 Å². The Bertz CT molecular complexity index is 1050. The summed E-state index contributed by atoms with van der Waals surface area (Å²) in [4.78, 5) is 12.0. The first-order valence-electron chi connectivity index (χ1n) is 8.59. The van der Waals surface area contributed by atoms with Gasteiger partial charge in [-0.25, -0.2) is 5.43 Å². The number of carbonyl (C=O) groups is 1. The number of phenols is 1. The minimum absolute atomic E-state index is 0.0342. The van der Waals surface area contributed by atoms with Crippen LogP contribution in [0, 0.1) is 0 Å². The molecule has 0 fully saturated rings. The van der Waals surface area contributed by atoms with E-state index in [2.05, 4.69) is 36.7 Å². The molecular formula is C21H17BrN4O3. The highest BCUT2D eigenvalue weighted by atomic mass is 79.9. The molecule has 3 N–H and O–H groups in total. The molecule has 0 spiro atoms. The summed E-state index contributed by atoms with van der Waals surface area (Å²) in [6, 6.07) is 20.5. The molecule has 29 heavy (non-hydrogen) atoms. The molecule has 1 atom stereocenters. The summed E-state index contributed by atoms with van der Waals surface area (Å²) in [6.07, 6.45) is -0.0735. The van der Waals surface area contributed by atoms with Gasteiger partial charge in [0.15, 0.2) is 6.10 Å². The van der Waals surface area contributed by atoms with Gasteiger partial charge in [0, 0.05) is 10.0 Å². The normalized spacial score (nSPS) is 12.3. The van der Waals surface area contributed by atoms with Crippen molar-refractivity contribution in [1.29, 1.82) is 0 Å². The first-order chi connectivity index (χ1) is 14.0. The van der Waals surface area contributed by atoms with Crippen LogP contribution < -0.4 is 5.43 Å². The maximum atomic E-state index is 12.0. The van der Waals surface area contributed by atoms with E-state index in [4.69, 9.17) is 0 Å². The molecule has 7 nitrogen and oxygen atoms in total. The molecule has 0 aliphatic carbocycles. The lowest BCUT2D eigenvalue weighted by Gasteiger charge is -2.08. The van der Waals surface area contributed by atoms with Crippen LogP contribution in [-0.2, 0) is 4.79 Å². The molecule has 0 radical (unpaired) electrons. The number of aliphatic hydroxyl groups excluding tert-OH is 1. The maximum Gasteiger partial charge on any atom is 0.273 e. The van der Waals surface area contributed by atoms with Crippen LogP contribution in [0.15, 0.2) is 92.6 Å². The fraction of sp³-hybridized carbons (Fsp3) is 0.0476. The summed E-state index contributed by atoms with van der Waals surface area (Å²) in [5.74, 6) is -0.717. The fourth-order valence-electron chi connectivity index (χ4n) is 2.37. The summed E-state index contributed by atoms with van der Waals surface area (Å²) in [6.45, 7) is 0. The molecule has 1 amide bonds. The lowest BCUT2D eigenvalue weighted by molar-refractivity contribution is -0.129. The van der Waals surface area contributed by atoms with Crippen molar-refractivity contribution < 1.29 is 15.0 Å². The van der Waals surface area contributed by atoms with Gasteiger partial charge in [-0.2, -0.15) is 15.3 Å². The lowest BCUT2D eigenvalue weighted by Crippen LogP contribution is -2.25. The highest BCUT2D eigenvalue weighted by Gasteiger charge is 2.16. The van der Waals surface area contributed by atoms with Crippen molar-refractivity contribution in [3.05, 3.63) is 88.4 Å². The number of phenolic OH excluding ortho intramolecular Hbond substituents is 1. The smallest absolute Gasteiger partial charge is 0.273 e. The lowest BCUT2D eigenvalue weighted by atomic mass is 10.1. The van der Waals surface area contributed by atoms with Gasteiger partial charge in [0.25, 0.3) is 5.91 Å². The molecule has 1 unspecified atom stereocenters. The van der Waals surface area contributed by atoms with Crippen LogP contribution >= 0.6 is 15.9 Å². The topological polar surface area (TPSA) is 107 Å². The molecule has 3 aromatic rings. The SMILES string of the molecule is O=C(N/N=C/c1cc(N=Nc2cccc(Br)c2)ccc1O)C(O)c1ccccc1. The van der Waals surface area contributed by atoms with Crippen LogP contribution in [0.1, 0.15) is 17.2 Å². The predicted octanol–water partition coefficient (Wildman–Crippen LogP) is 4.75. The minimum atomic E-state index is -1.34. The molecule has 3 aromatic carbocycles. The molecule has 0 aliphatic heterocycles. The van der Waals surface area contributed by atoms with E-state index in [1.807, 2.05) is 24.3 Å². The molecule has 0 aromatic heterocycles. The number of hydrogen-bond donors (Lipinski definition) is 3. The van der Waals surface area contributed by atoms with Gasteiger partial charge in [0.2, 0.25) is 0 Å². The number of azo groups is 1. The first kappa shape index (κ1) is 20.4. The zero-order valence-corrected chi connectivity index (χ0v) is 16.7. The van der Waals surface area contributed by atoms with E-state index < -0.39 is 12.0 Å². The summed E-state index contributed by atoms with van der Waals surface area (Å²) in [5, 5.41) is 32.1. The molecule has 0 aliphatic rings. The summed E-state index contributed by atoms with van der Waals surface area (Å²) in [5.41, 5.74) is 4.22. The number of aliphatic hydroxyl groups is 1. The summed E-state index contributed by atoms with van der Waals surface area (Å²) >= 11 is 3.37. The third-order valence-corrected chi connectivity index (χ3v) is 4.34. The van der Waals surface area contributed by atoms with Crippen molar-refractivity contribution in [3.63, 3.8) is 0 Å². The zero-order chi connectivity index (χ0) is 20.6. The van der Waals surface area contributed by atoms with Gasteiger partial charge < -0.3 is 10.2 Å². The quantitative estimate of drug-likeness (QED) is 0.285. The maximum absolute atomic E-state index is 12.0. The highest BCUT2D eigenvalue weighted by molar-refractivity contribution is 9.10. The van der Waals surface area contributed by atoms with Crippen LogP contribution in [0.3, 0.4) is 0 Å². The van der Waals surface area contributed by atoms with Crippen molar-refractivity contribution in [2.75, 3.05) is 0 Å². The molecule has 0 saturated carbocycles. The second kappa shape index (κ2) is 9.72. The van der Waals surface area contributed by atoms with Gasteiger partial charge in [0.05, 0.1) is 17.6 Å². The third-order valence-electron chi connectivity index (χ3n) is 3.84. The first-order valence-corrected chi connectivity index (χ1v) is 9.38. The Morgan fingerprint density at radius 3 is 2.41 bits per heavy atom. The van der Waals surface area contributed by atoms with Crippen molar-refractivity contribution in [2.24, 2.45) is 15.3 Å². The highest BCUT2D eigenvalue weighted by Crippen LogP contribution is 2.25. The van der Waals surface area contributed by atoms with Crippen molar-refractivity contribution in [1.82, 2.24) is 5.43 Å². The van der Waals surface area contributed by atoms with E-state index in [0.29, 0.717) is 22.5 Å². The number of halogens is 1. The fourth-order valence-corrected chi connectivity index (χ4v) is 2.76. The van der Waals surface area contributed by atoms with Crippen LogP contribution in [0.25, 0.3) is 0 Å². The Morgan fingerprint density at radius 2 is 1.69 bits per heavy atom. The predicted molar refractivity (Wildman–Crippen MR) is 114 cm³/mol. The van der Waals surface area contributed by atoms with Gasteiger partial charge in [-0.05, 0) is 42.0 Å². The van der Waals surface area contributed by atoms with Crippen LogP contribution in [0.2, 0.25) is 0 Å². The average molecular weight is 453 g/mol. The van der Waals surface area contributed by atoms with Crippen molar-refractivity contribution >= 4 is 39.4 Å². The van der Waals surface area contributed by atoms with E-state index in [0.717, 1.165) is 4.47 Å². The number of carbonyl (C=O) groups excluding carboxylic acids is 1. The molecule has 0 heterocycles. The van der Waals surface area contributed by atoms with Gasteiger partial charge in [-0.1, -0.05) is 52.3 Å². The number of aromatic hydroxyl groups is 1. The Morgan fingerprint density at radius 1 is 0.966 bits per heavy atom. The third kappa shape index (κ3) is 5.81. The number of amides is 1.